The Bertz CT molecular complexity index is 684. The normalized spacial score (nSPS) is 11.1. The average Bonchev–Trinajstić information content (AvgIpc) is 3.04. The third-order valence-electron chi connectivity index (χ3n) is 3.16. The number of fused-ring (bicyclic) bond motifs is 1. The van der Waals surface area contributed by atoms with Crippen molar-refractivity contribution in [3.63, 3.8) is 0 Å². The summed E-state index contributed by atoms with van der Waals surface area (Å²) in [5, 5.41) is 0. The molecule has 3 rings (SSSR count). The fourth-order valence-electron chi connectivity index (χ4n) is 2.05. The van der Waals surface area contributed by atoms with Crippen LogP contribution in [0, 0.1) is 6.92 Å². The number of aromatic nitrogens is 6. The molecule has 7 nitrogen and oxygen atoms in total. The first kappa shape index (κ1) is 11.6. The topological polar surface area (TPSA) is 75.5 Å². The minimum absolute atomic E-state index is 0.690. The van der Waals surface area contributed by atoms with Crippen LogP contribution in [-0.2, 0) is 6.54 Å². The Balaban J connectivity index is 1.79. The number of aromatic amines is 1. The van der Waals surface area contributed by atoms with Gasteiger partial charge in [0.15, 0.2) is 11.5 Å². The van der Waals surface area contributed by atoms with E-state index in [-0.39, 0.29) is 0 Å². The summed E-state index contributed by atoms with van der Waals surface area (Å²) in [5.41, 5.74) is 1.56. The van der Waals surface area contributed by atoms with Gasteiger partial charge in [-0.25, -0.2) is 19.9 Å². The van der Waals surface area contributed by atoms with Gasteiger partial charge in [0, 0.05) is 32.5 Å². The van der Waals surface area contributed by atoms with Crippen molar-refractivity contribution in [1.82, 2.24) is 29.5 Å². The largest absolute Gasteiger partial charge is 0.356 e. The first-order valence-corrected chi connectivity index (χ1v) is 6.08. The predicted octanol–water partition coefficient (Wildman–Crippen LogP) is 0.994. The summed E-state index contributed by atoms with van der Waals surface area (Å²) in [6.45, 7) is 3.70. The molecule has 3 aromatic heterocycles. The van der Waals surface area contributed by atoms with Crippen molar-refractivity contribution >= 4 is 17.0 Å². The van der Waals surface area contributed by atoms with E-state index in [1.165, 1.54) is 6.33 Å². The number of hydrogen-bond donors (Lipinski definition) is 1. The van der Waals surface area contributed by atoms with Crippen molar-refractivity contribution in [3.05, 3.63) is 30.9 Å². The molecule has 0 saturated heterocycles. The fraction of sp³-hybridized carbons (Fsp3) is 0.333. The molecular formula is C12H15N7. The Kier molecular flexibility index (Phi) is 2.86. The van der Waals surface area contributed by atoms with Crippen LogP contribution in [0.2, 0.25) is 0 Å². The predicted molar refractivity (Wildman–Crippen MR) is 71.9 cm³/mol. The Morgan fingerprint density at radius 2 is 2.16 bits per heavy atom. The molecule has 3 heterocycles. The molecule has 98 valence electrons. The van der Waals surface area contributed by atoms with Crippen molar-refractivity contribution in [2.75, 3.05) is 18.5 Å². The number of aryl methyl sites for hydroxylation is 1. The summed E-state index contributed by atoms with van der Waals surface area (Å²) in [6, 6.07) is 0. The van der Waals surface area contributed by atoms with Gasteiger partial charge in [0.2, 0.25) is 0 Å². The van der Waals surface area contributed by atoms with Gasteiger partial charge in [-0.2, -0.15) is 0 Å². The molecule has 0 saturated carbocycles. The molecule has 19 heavy (non-hydrogen) atoms. The molecule has 0 aliphatic rings. The second-order valence-corrected chi connectivity index (χ2v) is 4.39. The number of nitrogens with one attached hydrogen (secondary N) is 1. The molecule has 0 aliphatic heterocycles. The van der Waals surface area contributed by atoms with Crippen molar-refractivity contribution in [2.45, 2.75) is 13.5 Å². The number of H-pyrrole nitrogens is 1. The van der Waals surface area contributed by atoms with Gasteiger partial charge in [-0.3, -0.25) is 0 Å². The standard InChI is InChI=1S/C12H15N7/c1-9-13-3-4-19(9)6-5-18(2)12-10-11(15-7-14-10)16-8-17-12/h3-4,7-8H,5-6H2,1-2H3,(H,14,15,16,17). The van der Waals surface area contributed by atoms with Crippen molar-refractivity contribution in [3.8, 4) is 0 Å². The maximum atomic E-state index is 4.32. The summed E-state index contributed by atoms with van der Waals surface area (Å²) >= 11 is 0. The summed E-state index contributed by atoms with van der Waals surface area (Å²) in [6.07, 6.45) is 6.97. The van der Waals surface area contributed by atoms with Gasteiger partial charge in [0.1, 0.15) is 17.7 Å². The number of likely N-dealkylation sites (N-methyl/N-ethyl adjacent to an activating group) is 1. The zero-order valence-corrected chi connectivity index (χ0v) is 10.9. The number of imidazole rings is 2. The Morgan fingerprint density at radius 3 is 2.95 bits per heavy atom. The van der Waals surface area contributed by atoms with Gasteiger partial charge < -0.3 is 14.5 Å². The lowest BCUT2D eigenvalue weighted by atomic mass is 10.4. The fourth-order valence-corrected chi connectivity index (χ4v) is 2.05. The lowest BCUT2D eigenvalue weighted by Gasteiger charge is -2.18. The van der Waals surface area contributed by atoms with Gasteiger partial charge in [-0.1, -0.05) is 0 Å². The summed E-state index contributed by atoms with van der Waals surface area (Å²) in [7, 11) is 2.01. The van der Waals surface area contributed by atoms with E-state index >= 15 is 0 Å². The SMILES string of the molecule is Cc1nccn1CCN(C)c1ncnc2nc[nH]c12. The molecule has 0 amide bonds. The molecule has 0 spiro atoms. The molecule has 0 fully saturated rings. The van der Waals surface area contributed by atoms with Gasteiger partial charge in [-0.05, 0) is 6.92 Å². The van der Waals surface area contributed by atoms with Gasteiger partial charge in [-0.15, -0.1) is 0 Å². The zero-order valence-electron chi connectivity index (χ0n) is 10.9. The highest BCUT2D eigenvalue weighted by atomic mass is 15.2. The molecule has 0 aliphatic carbocycles. The maximum Gasteiger partial charge on any atom is 0.182 e. The van der Waals surface area contributed by atoms with E-state index in [4.69, 9.17) is 0 Å². The number of nitrogens with zero attached hydrogens (tertiary/aromatic N) is 6. The molecule has 0 aromatic carbocycles. The second kappa shape index (κ2) is 4.68. The monoisotopic (exact) mass is 257 g/mol. The van der Waals surface area contributed by atoms with E-state index in [0.29, 0.717) is 5.65 Å². The van der Waals surface area contributed by atoms with E-state index in [2.05, 4.69) is 34.4 Å². The maximum absolute atomic E-state index is 4.32. The first-order valence-electron chi connectivity index (χ1n) is 6.08. The van der Waals surface area contributed by atoms with Crippen molar-refractivity contribution < 1.29 is 0 Å². The number of rotatable bonds is 4. The Labute approximate surface area is 110 Å². The van der Waals surface area contributed by atoms with Crippen LogP contribution in [0.15, 0.2) is 25.0 Å². The van der Waals surface area contributed by atoms with Crippen LogP contribution in [0.25, 0.3) is 11.2 Å². The molecule has 0 unspecified atom stereocenters. The molecule has 7 heteroatoms. The van der Waals surface area contributed by atoms with E-state index in [0.717, 1.165) is 30.2 Å². The summed E-state index contributed by atoms with van der Waals surface area (Å²) < 4.78 is 2.11. The highest BCUT2D eigenvalue weighted by Crippen LogP contribution is 2.17. The third-order valence-corrected chi connectivity index (χ3v) is 3.16. The van der Waals surface area contributed by atoms with E-state index in [1.807, 2.05) is 26.4 Å². The highest BCUT2D eigenvalue weighted by Gasteiger charge is 2.10. The molecule has 0 atom stereocenters. The van der Waals surface area contributed by atoms with Crippen LogP contribution in [-0.4, -0.2) is 43.1 Å². The van der Waals surface area contributed by atoms with Crippen LogP contribution in [0.1, 0.15) is 5.82 Å². The average molecular weight is 257 g/mol. The molecule has 0 radical (unpaired) electrons. The first-order chi connectivity index (χ1) is 9.25. The van der Waals surface area contributed by atoms with E-state index in [9.17, 15) is 0 Å². The molecular weight excluding hydrogens is 242 g/mol. The van der Waals surface area contributed by atoms with Crippen molar-refractivity contribution in [1.29, 1.82) is 0 Å². The quantitative estimate of drug-likeness (QED) is 0.754. The Morgan fingerprint density at radius 1 is 1.26 bits per heavy atom. The molecule has 0 bridgehead atoms. The summed E-state index contributed by atoms with van der Waals surface area (Å²) in [5.74, 6) is 1.88. The van der Waals surface area contributed by atoms with Crippen molar-refractivity contribution in [2.24, 2.45) is 0 Å². The van der Waals surface area contributed by atoms with E-state index < -0.39 is 0 Å². The minimum atomic E-state index is 0.690. The number of anilines is 1. The van der Waals surface area contributed by atoms with Crippen LogP contribution in [0.3, 0.4) is 0 Å². The molecule has 1 N–H and O–H groups in total. The van der Waals surface area contributed by atoms with Crippen LogP contribution >= 0.6 is 0 Å². The van der Waals surface area contributed by atoms with Crippen LogP contribution in [0.4, 0.5) is 5.82 Å². The zero-order chi connectivity index (χ0) is 13.2. The van der Waals surface area contributed by atoms with Crippen LogP contribution < -0.4 is 4.90 Å². The minimum Gasteiger partial charge on any atom is -0.356 e. The van der Waals surface area contributed by atoms with Crippen LogP contribution in [0.5, 0.6) is 0 Å². The Hall–Kier alpha value is -2.44. The number of hydrogen-bond acceptors (Lipinski definition) is 5. The second-order valence-electron chi connectivity index (χ2n) is 4.39. The van der Waals surface area contributed by atoms with E-state index in [1.54, 1.807) is 6.33 Å². The lowest BCUT2D eigenvalue weighted by Crippen LogP contribution is -2.24. The van der Waals surface area contributed by atoms with Gasteiger partial charge >= 0.3 is 0 Å². The molecule has 3 aromatic rings. The van der Waals surface area contributed by atoms with Gasteiger partial charge in [0.05, 0.1) is 6.33 Å². The third kappa shape index (κ3) is 2.14. The van der Waals surface area contributed by atoms with Gasteiger partial charge in [0.25, 0.3) is 0 Å². The highest BCUT2D eigenvalue weighted by molar-refractivity contribution is 5.82. The smallest absolute Gasteiger partial charge is 0.182 e. The summed E-state index contributed by atoms with van der Waals surface area (Å²) in [4.78, 5) is 21.9. The lowest BCUT2D eigenvalue weighted by molar-refractivity contribution is 0.662.